The van der Waals surface area contributed by atoms with E-state index in [1.807, 2.05) is 12.3 Å². The summed E-state index contributed by atoms with van der Waals surface area (Å²) < 4.78 is 1.51. The molecule has 0 bridgehead atoms. The number of carbonyl (C=O) groups excluding carboxylic acids is 1. The van der Waals surface area contributed by atoms with Gasteiger partial charge in [-0.2, -0.15) is 0 Å². The Morgan fingerprint density at radius 3 is 3.10 bits per heavy atom. The number of thiazole rings is 1. The minimum Gasteiger partial charge on any atom is -0.341 e. The summed E-state index contributed by atoms with van der Waals surface area (Å²) in [5.74, 6) is 0.930. The topological polar surface area (TPSA) is 80.7 Å². The van der Waals surface area contributed by atoms with Crippen LogP contribution in [0, 0.1) is 0 Å². The number of fused-ring (bicyclic) bond motifs is 1. The summed E-state index contributed by atoms with van der Waals surface area (Å²) >= 11 is 2.87. The number of carbonyl (C=O) groups is 1. The molecule has 8 heteroatoms. The van der Waals surface area contributed by atoms with E-state index in [1.165, 1.54) is 33.6 Å². The molecule has 0 aromatic carbocycles. The normalized spacial score (nSPS) is 12.5. The fraction of sp³-hybridized carbons (Fsp3) is 0.462. The highest BCUT2D eigenvalue weighted by Gasteiger charge is 2.14. The standard InChI is InChI=1S/C13H18N4O2S2/c1-9(6-14)16(2)12(19)8-20-7-10-5-11(18)17-3-4-21-13(17)15-10/h3-5,9H,6-8,14H2,1-2H3. The maximum atomic E-state index is 11.9. The lowest BCUT2D eigenvalue weighted by molar-refractivity contribution is -0.128. The van der Waals surface area contributed by atoms with E-state index in [4.69, 9.17) is 5.73 Å². The van der Waals surface area contributed by atoms with Gasteiger partial charge in [0.1, 0.15) is 0 Å². The molecule has 0 aliphatic heterocycles. The van der Waals surface area contributed by atoms with Crippen LogP contribution in [0.4, 0.5) is 0 Å². The number of rotatable bonds is 6. The third-order valence-electron chi connectivity index (χ3n) is 3.23. The Kier molecular flexibility index (Phi) is 5.38. The zero-order chi connectivity index (χ0) is 15.4. The predicted molar refractivity (Wildman–Crippen MR) is 86.8 cm³/mol. The summed E-state index contributed by atoms with van der Waals surface area (Å²) in [6.07, 6.45) is 1.71. The molecule has 2 aromatic rings. The zero-order valence-electron chi connectivity index (χ0n) is 12.0. The second-order valence-electron chi connectivity index (χ2n) is 4.72. The number of nitrogens with two attached hydrogens (primary N) is 1. The monoisotopic (exact) mass is 326 g/mol. The lowest BCUT2D eigenvalue weighted by atomic mass is 10.3. The molecule has 0 saturated heterocycles. The van der Waals surface area contributed by atoms with Crippen molar-refractivity contribution in [1.29, 1.82) is 0 Å². The molecule has 2 N–H and O–H groups in total. The number of likely N-dealkylation sites (N-methyl/N-ethyl adjacent to an activating group) is 1. The van der Waals surface area contributed by atoms with E-state index in [2.05, 4.69) is 4.98 Å². The first-order valence-corrected chi connectivity index (χ1v) is 8.55. The van der Waals surface area contributed by atoms with Crippen LogP contribution in [0.25, 0.3) is 4.96 Å². The Labute approximate surface area is 131 Å². The molecule has 0 radical (unpaired) electrons. The minimum absolute atomic E-state index is 0.0309. The Balaban J connectivity index is 1.93. The van der Waals surface area contributed by atoms with E-state index >= 15 is 0 Å². The second-order valence-corrected chi connectivity index (χ2v) is 6.58. The number of hydrogen-bond acceptors (Lipinski definition) is 6. The lowest BCUT2D eigenvalue weighted by Gasteiger charge is -2.23. The zero-order valence-corrected chi connectivity index (χ0v) is 13.6. The average molecular weight is 326 g/mol. The van der Waals surface area contributed by atoms with Crippen molar-refractivity contribution in [2.24, 2.45) is 5.73 Å². The van der Waals surface area contributed by atoms with Crippen LogP contribution in [0.5, 0.6) is 0 Å². The number of hydrogen-bond donors (Lipinski definition) is 1. The van der Waals surface area contributed by atoms with Crippen LogP contribution < -0.4 is 11.3 Å². The van der Waals surface area contributed by atoms with Gasteiger partial charge in [0.05, 0.1) is 11.4 Å². The van der Waals surface area contributed by atoms with Gasteiger partial charge >= 0.3 is 0 Å². The van der Waals surface area contributed by atoms with Crippen molar-refractivity contribution >= 4 is 34.0 Å². The van der Waals surface area contributed by atoms with Crippen LogP contribution in [0.1, 0.15) is 12.6 Å². The van der Waals surface area contributed by atoms with Gasteiger partial charge in [0, 0.05) is 43.0 Å². The van der Waals surface area contributed by atoms with E-state index < -0.39 is 0 Å². The van der Waals surface area contributed by atoms with E-state index in [9.17, 15) is 9.59 Å². The van der Waals surface area contributed by atoms with Crippen LogP contribution in [-0.4, -0.2) is 45.6 Å². The molecule has 114 valence electrons. The van der Waals surface area contributed by atoms with Crippen LogP contribution in [0.2, 0.25) is 0 Å². The predicted octanol–water partition coefficient (Wildman–Crippen LogP) is 0.795. The van der Waals surface area contributed by atoms with Gasteiger partial charge in [-0.15, -0.1) is 23.1 Å². The number of nitrogens with zero attached hydrogens (tertiary/aromatic N) is 3. The molecule has 2 aromatic heterocycles. The van der Waals surface area contributed by atoms with Crippen molar-refractivity contribution in [2.75, 3.05) is 19.3 Å². The van der Waals surface area contributed by atoms with Crippen LogP contribution in [-0.2, 0) is 10.5 Å². The molecule has 0 aliphatic carbocycles. The first kappa shape index (κ1) is 16.0. The third-order valence-corrected chi connectivity index (χ3v) is 4.93. The highest BCUT2D eigenvalue weighted by atomic mass is 32.2. The number of thioether (sulfide) groups is 1. The SMILES string of the molecule is CC(CN)N(C)C(=O)CSCc1cc(=O)n2ccsc2n1. The van der Waals surface area contributed by atoms with Crippen molar-refractivity contribution in [3.8, 4) is 0 Å². The minimum atomic E-state index is -0.0861. The summed E-state index contributed by atoms with van der Waals surface area (Å²) in [7, 11) is 1.75. The first-order chi connectivity index (χ1) is 10.0. The van der Waals surface area contributed by atoms with Crippen molar-refractivity contribution in [2.45, 2.75) is 18.7 Å². The molecule has 21 heavy (non-hydrogen) atoms. The van der Waals surface area contributed by atoms with Gasteiger partial charge in [-0.05, 0) is 6.92 Å². The van der Waals surface area contributed by atoms with Gasteiger partial charge in [-0.1, -0.05) is 0 Å². The molecule has 6 nitrogen and oxygen atoms in total. The Hall–Kier alpha value is -1.38. The van der Waals surface area contributed by atoms with E-state index in [1.54, 1.807) is 18.1 Å². The summed E-state index contributed by atoms with van der Waals surface area (Å²) in [6, 6.07) is 1.55. The molecular weight excluding hydrogens is 308 g/mol. The van der Waals surface area contributed by atoms with Crippen molar-refractivity contribution in [1.82, 2.24) is 14.3 Å². The van der Waals surface area contributed by atoms with Crippen LogP contribution in [0.15, 0.2) is 22.4 Å². The maximum Gasteiger partial charge on any atom is 0.258 e. The molecule has 2 heterocycles. The highest BCUT2D eigenvalue weighted by Crippen LogP contribution is 2.13. The molecule has 2 rings (SSSR count). The van der Waals surface area contributed by atoms with E-state index in [-0.39, 0.29) is 17.5 Å². The van der Waals surface area contributed by atoms with Gasteiger partial charge in [-0.3, -0.25) is 14.0 Å². The summed E-state index contributed by atoms with van der Waals surface area (Å²) in [4.78, 5) is 30.5. The summed E-state index contributed by atoms with van der Waals surface area (Å²) in [6.45, 7) is 2.36. The van der Waals surface area contributed by atoms with Crippen molar-refractivity contribution < 1.29 is 4.79 Å². The molecular formula is C13H18N4O2S2. The Morgan fingerprint density at radius 2 is 2.38 bits per heavy atom. The van der Waals surface area contributed by atoms with Gasteiger partial charge in [0.2, 0.25) is 5.91 Å². The maximum absolute atomic E-state index is 11.9. The van der Waals surface area contributed by atoms with Crippen LogP contribution in [0.3, 0.4) is 0 Å². The quantitative estimate of drug-likeness (QED) is 0.849. The average Bonchev–Trinajstić information content (AvgIpc) is 2.94. The lowest BCUT2D eigenvalue weighted by Crippen LogP contribution is -2.40. The van der Waals surface area contributed by atoms with Gasteiger partial charge < -0.3 is 10.6 Å². The number of amides is 1. The highest BCUT2D eigenvalue weighted by molar-refractivity contribution is 7.99. The Morgan fingerprint density at radius 1 is 1.62 bits per heavy atom. The van der Waals surface area contributed by atoms with Crippen LogP contribution >= 0.6 is 23.1 Å². The second kappa shape index (κ2) is 7.06. The molecule has 1 atom stereocenters. The van der Waals surface area contributed by atoms with Gasteiger partial charge in [-0.25, -0.2) is 4.98 Å². The fourth-order valence-corrected chi connectivity index (χ4v) is 3.29. The molecule has 0 aliphatic rings. The first-order valence-electron chi connectivity index (χ1n) is 6.52. The van der Waals surface area contributed by atoms with Gasteiger partial charge in [0.25, 0.3) is 5.56 Å². The van der Waals surface area contributed by atoms with E-state index in [0.29, 0.717) is 28.7 Å². The summed E-state index contributed by atoms with van der Waals surface area (Å²) in [5, 5.41) is 1.83. The molecule has 1 amide bonds. The molecule has 0 spiro atoms. The molecule has 0 fully saturated rings. The third kappa shape index (κ3) is 3.84. The van der Waals surface area contributed by atoms with Crippen molar-refractivity contribution in [3.05, 3.63) is 33.7 Å². The molecule has 1 unspecified atom stereocenters. The van der Waals surface area contributed by atoms with E-state index in [0.717, 1.165) is 0 Å². The molecule has 0 saturated carbocycles. The van der Waals surface area contributed by atoms with Crippen molar-refractivity contribution in [3.63, 3.8) is 0 Å². The largest absolute Gasteiger partial charge is 0.341 e. The summed E-state index contributed by atoms with van der Waals surface area (Å²) in [5.41, 5.74) is 6.16. The Bertz CT molecular complexity index is 682. The number of aromatic nitrogens is 2. The van der Waals surface area contributed by atoms with Gasteiger partial charge in [0.15, 0.2) is 4.96 Å². The smallest absolute Gasteiger partial charge is 0.258 e. The fourth-order valence-electron chi connectivity index (χ4n) is 1.71.